The smallest absolute Gasteiger partial charge is 0.345 e. The fourth-order valence-corrected chi connectivity index (χ4v) is 4.33. The first-order valence-corrected chi connectivity index (χ1v) is 11.6. The minimum absolute atomic E-state index is 0.0202. The van der Waals surface area contributed by atoms with Crippen LogP contribution in [0.25, 0.3) is 28.0 Å². The zero-order chi connectivity index (χ0) is 23.0. The molecule has 0 saturated carbocycles. The molecule has 0 atom stereocenters. The van der Waals surface area contributed by atoms with Gasteiger partial charge in [-0.2, -0.15) is 5.10 Å². The molecule has 4 rings (SSSR count). The molecule has 0 aliphatic carbocycles. The lowest BCUT2D eigenvalue weighted by atomic mass is 10.0. The lowest BCUT2D eigenvalue weighted by Gasteiger charge is -2.13. The molecule has 2 heterocycles. The van der Waals surface area contributed by atoms with Gasteiger partial charge in [-0.1, -0.05) is 53.5 Å². The van der Waals surface area contributed by atoms with Gasteiger partial charge in [0.25, 0.3) is 10.0 Å². The summed E-state index contributed by atoms with van der Waals surface area (Å²) in [6.07, 6.45) is 1.50. The van der Waals surface area contributed by atoms with Crippen LogP contribution in [0.1, 0.15) is 17.3 Å². The zero-order valence-electron chi connectivity index (χ0n) is 16.6. The van der Waals surface area contributed by atoms with Gasteiger partial charge >= 0.3 is 5.97 Å². The minimum Gasteiger partial charge on any atom is -0.462 e. The number of fused-ring (bicyclic) bond motifs is 1. The molecule has 0 fully saturated rings. The van der Waals surface area contributed by atoms with Gasteiger partial charge in [0.15, 0.2) is 5.65 Å². The summed E-state index contributed by atoms with van der Waals surface area (Å²) in [6, 6.07) is 13.9. The zero-order valence-corrected chi connectivity index (χ0v) is 18.9. The van der Waals surface area contributed by atoms with Crippen molar-refractivity contribution in [1.29, 1.82) is 0 Å². The number of hydrogen-bond donors (Lipinski definition) is 1. The van der Waals surface area contributed by atoms with Crippen LogP contribution in [0.3, 0.4) is 0 Å². The predicted octanol–water partition coefficient (Wildman–Crippen LogP) is 4.19. The van der Waals surface area contributed by atoms with E-state index >= 15 is 0 Å². The Hall–Kier alpha value is -2.98. The molecule has 0 aliphatic heterocycles. The van der Waals surface area contributed by atoms with Crippen LogP contribution in [0, 0.1) is 0 Å². The quantitative estimate of drug-likeness (QED) is 0.419. The maximum absolute atomic E-state index is 12.6. The number of hydrogen-bond acceptors (Lipinski definition) is 6. The number of carbonyl (C=O) groups excluding carboxylic acids is 1. The Kier molecular flexibility index (Phi) is 5.91. The third-order valence-corrected chi connectivity index (χ3v) is 6.05. The summed E-state index contributed by atoms with van der Waals surface area (Å²) in [5.74, 6) is -0.897. The van der Waals surface area contributed by atoms with Crippen molar-refractivity contribution in [2.24, 2.45) is 5.14 Å². The van der Waals surface area contributed by atoms with E-state index in [0.29, 0.717) is 32.4 Å². The Labute approximate surface area is 193 Å². The fourth-order valence-electron chi connectivity index (χ4n) is 3.31. The lowest BCUT2D eigenvalue weighted by Crippen LogP contribution is -2.17. The highest BCUT2D eigenvalue weighted by molar-refractivity contribution is 7.89. The molecule has 32 heavy (non-hydrogen) atoms. The first kappa shape index (κ1) is 22.2. The largest absolute Gasteiger partial charge is 0.462 e. The molecule has 0 unspecified atom stereocenters. The van der Waals surface area contributed by atoms with Gasteiger partial charge in [-0.25, -0.2) is 27.9 Å². The maximum atomic E-state index is 12.6. The number of ether oxygens (including phenoxy) is 1. The third-order valence-electron chi connectivity index (χ3n) is 4.64. The maximum Gasteiger partial charge on any atom is 0.345 e. The third kappa shape index (κ3) is 3.95. The number of aromatic nitrogens is 3. The standard InChI is InChI=1S/C21H16Cl2N4O4S/c1-2-31-21(28)17-19-25-11-15(14-5-3-4-6-16(14)23)18(12-7-9-13(22)10-8-12)27(19)26-20(17)32(24,29)30/h3-11H,2H2,1H3,(H2,24,29,30). The molecule has 8 nitrogen and oxygen atoms in total. The summed E-state index contributed by atoms with van der Waals surface area (Å²) in [7, 11) is -4.37. The van der Waals surface area contributed by atoms with E-state index in [1.54, 1.807) is 55.5 Å². The number of halogens is 2. The van der Waals surface area contributed by atoms with Crippen LogP contribution in [0.4, 0.5) is 0 Å². The summed E-state index contributed by atoms with van der Waals surface area (Å²) in [6.45, 7) is 1.63. The number of primary sulfonamides is 1. The SMILES string of the molecule is CCOC(=O)c1c(S(N)(=O)=O)nn2c(-c3ccc(Cl)cc3)c(-c3ccccc3Cl)cnc12. The minimum atomic E-state index is -4.37. The highest BCUT2D eigenvalue weighted by Crippen LogP contribution is 2.37. The molecule has 0 spiro atoms. The van der Waals surface area contributed by atoms with Gasteiger partial charge < -0.3 is 4.74 Å². The highest BCUT2D eigenvalue weighted by Gasteiger charge is 2.31. The Bertz CT molecular complexity index is 1450. The second-order valence-corrected chi connectivity index (χ2v) is 9.01. The van der Waals surface area contributed by atoms with E-state index < -0.39 is 21.0 Å². The van der Waals surface area contributed by atoms with Gasteiger partial charge in [0.2, 0.25) is 5.03 Å². The second kappa shape index (κ2) is 8.51. The predicted molar refractivity (Wildman–Crippen MR) is 121 cm³/mol. The van der Waals surface area contributed by atoms with Crippen molar-refractivity contribution in [3.8, 4) is 22.4 Å². The molecule has 11 heteroatoms. The Morgan fingerprint density at radius 2 is 1.78 bits per heavy atom. The first-order valence-electron chi connectivity index (χ1n) is 9.35. The van der Waals surface area contributed by atoms with E-state index in [-0.39, 0.29) is 17.8 Å². The lowest BCUT2D eigenvalue weighted by molar-refractivity contribution is 0.0524. The summed E-state index contributed by atoms with van der Waals surface area (Å²) >= 11 is 12.5. The van der Waals surface area contributed by atoms with Crippen molar-refractivity contribution in [2.45, 2.75) is 11.9 Å². The van der Waals surface area contributed by atoms with E-state index in [1.807, 2.05) is 0 Å². The summed E-state index contributed by atoms with van der Waals surface area (Å²) < 4.78 is 30.8. The normalized spacial score (nSPS) is 11.6. The molecule has 0 bridgehead atoms. The number of nitrogens with zero attached hydrogens (tertiary/aromatic N) is 3. The number of esters is 1. The van der Waals surface area contributed by atoms with Crippen molar-refractivity contribution >= 4 is 44.8 Å². The first-order chi connectivity index (χ1) is 15.2. The number of nitrogens with two attached hydrogens (primary N) is 1. The van der Waals surface area contributed by atoms with Gasteiger partial charge in [0, 0.05) is 32.9 Å². The van der Waals surface area contributed by atoms with Gasteiger partial charge in [-0.3, -0.25) is 0 Å². The van der Waals surface area contributed by atoms with Crippen LogP contribution < -0.4 is 5.14 Å². The molecule has 164 valence electrons. The molecule has 4 aromatic rings. The Morgan fingerprint density at radius 1 is 1.09 bits per heavy atom. The van der Waals surface area contributed by atoms with Crippen LogP contribution in [0.2, 0.25) is 10.0 Å². The topological polar surface area (TPSA) is 117 Å². The molecule has 0 aliphatic rings. The number of benzene rings is 2. The second-order valence-electron chi connectivity index (χ2n) is 6.69. The molecular weight excluding hydrogens is 475 g/mol. The van der Waals surface area contributed by atoms with Crippen LogP contribution in [0.15, 0.2) is 59.8 Å². The molecule has 0 radical (unpaired) electrons. The molecule has 2 N–H and O–H groups in total. The van der Waals surface area contributed by atoms with Crippen LogP contribution >= 0.6 is 23.2 Å². The van der Waals surface area contributed by atoms with Crippen molar-refractivity contribution in [2.75, 3.05) is 6.61 Å². The fraction of sp³-hybridized carbons (Fsp3) is 0.0952. The summed E-state index contributed by atoms with van der Waals surface area (Å²) in [4.78, 5) is 16.9. The van der Waals surface area contributed by atoms with Gasteiger partial charge in [-0.05, 0) is 25.1 Å². The number of rotatable bonds is 5. The molecule has 0 amide bonds. The van der Waals surface area contributed by atoms with E-state index in [2.05, 4.69) is 10.1 Å². The van der Waals surface area contributed by atoms with Crippen molar-refractivity contribution in [1.82, 2.24) is 14.6 Å². The van der Waals surface area contributed by atoms with Crippen molar-refractivity contribution in [3.63, 3.8) is 0 Å². The van der Waals surface area contributed by atoms with Gasteiger partial charge in [0.1, 0.15) is 5.56 Å². The van der Waals surface area contributed by atoms with E-state index in [4.69, 9.17) is 33.1 Å². The Balaban J connectivity index is 2.16. The molecule has 0 saturated heterocycles. The average Bonchev–Trinajstić information content (AvgIpc) is 3.15. The summed E-state index contributed by atoms with van der Waals surface area (Å²) in [5, 5.41) is 9.86. The Morgan fingerprint density at radius 3 is 2.41 bits per heavy atom. The highest BCUT2D eigenvalue weighted by atomic mass is 35.5. The van der Waals surface area contributed by atoms with E-state index in [1.165, 1.54) is 10.7 Å². The molecular formula is C21H16Cl2N4O4S. The molecule has 2 aromatic heterocycles. The van der Waals surface area contributed by atoms with E-state index in [9.17, 15) is 13.2 Å². The van der Waals surface area contributed by atoms with Crippen LogP contribution in [-0.2, 0) is 14.8 Å². The summed E-state index contributed by atoms with van der Waals surface area (Å²) in [5.41, 5.74) is 1.92. The number of sulfonamides is 1. The van der Waals surface area contributed by atoms with Crippen LogP contribution in [0.5, 0.6) is 0 Å². The van der Waals surface area contributed by atoms with E-state index in [0.717, 1.165) is 0 Å². The average molecular weight is 491 g/mol. The van der Waals surface area contributed by atoms with Crippen molar-refractivity contribution < 1.29 is 17.9 Å². The van der Waals surface area contributed by atoms with Gasteiger partial charge in [0.05, 0.1) is 12.3 Å². The van der Waals surface area contributed by atoms with Crippen LogP contribution in [-0.4, -0.2) is 35.6 Å². The van der Waals surface area contributed by atoms with Crippen molar-refractivity contribution in [3.05, 3.63) is 70.3 Å². The monoisotopic (exact) mass is 490 g/mol. The van der Waals surface area contributed by atoms with Gasteiger partial charge in [-0.15, -0.1) is 0 Å². The number of carbonyl (C=O) groups is 1. The molecule has 2 aromatic carbocycles.